The predicted octanol–water partition coefficient (Wildman–Crippen LogP) is 3.83. The van der Waals surface area contributed by atoms with Gasteiger partial charge in [-0.05, 0) is 29.8 Å². The van der Waals surface area contributed by atoms with Crippen LogP contribution in [0.25, 0.3) is 0 Å². The smallest absolute Gasteiger partial charge is 0.141 e. The van der Waals surface area contributed by atoms with Crippen molar-refractivity contribution in [1.29, 1.82) is 0 Å². The predicted molar refractivity (Wildman–Crippen MR) is 76.9 cm³/mol. The first kappa shape index (κ1) is 14.1. The summed E-state index contributed by atoms with van der Waals surface area (Å²) in [4.78, 5) is 0. The van der Waals surface area contributed by atoms with Gasteiger partial charge < -0.3 is 9.88 Å². The maximum absolute atomic E-state index is 13.1. The summed E-state index contributed by atoms with van der Waals surface area (Å²) in [6, 6.07) is 9.40. The molecule has 2 aromatic rings. The molecule has 0 bridgehead atoms. The van der Waals surface area contributed by atoms with E-state index in [1.54, 1.807) is 12.1 Å². The van der Waals surface area contributed by atoms with E-state index in [-0.39, 0.29) is 10.8 Å². The molecule has 0 saturated carbocycles. The Hall–Kier alpha value is -1.32. The summed E-state index contributed by atoms with van der Waals surface area (Å²) < 4.78 is 15.3. The van der Waals surface area contributed by atoms with Crippen molar-refractivity contribution in [2.45, 2.75) is 33.0 Å². The van der Waals surface area contributed by atoms with Gasteiger partial charge in [-0.15, -0.1) is 0 Å². The van der Waals surface area contributed by atoms with E-state index in [9.17, 15) is 4.39 Å². The average Bonchev–Trinajstić information content (AvgIpc) is 2.79. The number of hydrogen-bond acceptors (Lipinski definition) is 1. The molecule has 2 nitrogen and oxygen atoms in total. The lowest BCUT2D eigenvalue weighted by molar-refractivity contribution is 0.564. The molecular formula is C15H18ClFN2. The molecule has 0 aliphatic rings. The zero-order valence-electron chi connectivity index (χ0n) is 11.2. The van der Waals surface area contributed by atoms with Gasteiger partial charge in [-0.25, -0.2) is 4.39 Å². The Balaban J connectivity index is 2.10. The van der Waals surface area contributed by atoms with Crippen LogP contribution in [0.1, 0.15) is 25.1 Å². The monoisotopic (exact) mass is 280 g/mol. The first-order valence-corrected chi connectivity index (χ1v) is 6.75. The van der Waals surface area contributed by atoms with Gasteiger partial charge in [0.2, 0.25) is 0 Å². The van der Waals surface area contributed by atoms with Crippen LogP contribution >= 0.6 is 11.6 Å². The Kier molecular flexibility index (Phi) is 4.61. The third-order valence-corrected chi connectivity index (χ3v) is 3.24. The van der Waals surface area contributed by atoms with Gasteiger partial charge in [-0.1, -0.05) is 31.5 Å². The van der Waals surface area contributed by atoms with Crippen LogP contribution in [0.2, 0.25) is 5.02 Å². The van der Waals surface area contributed by atoms with E-state index in [4.69, 9.17) is 11.6 Å². The van der Waals surface area contributed by atoms with E-state index in [1.807, 2.05) is 12.3 Å². The normalized spacial score (nSPS) is 11.2. The largest absolute Gasteiger partial charge is 0.346 e. The summed E-state index contributed by atoms with van der Waals surface area (Å²) in [5.41, 5.74) is 2.20. The molecule has 0 spiro atoms. The van der Waals surface area contributed by atoms with E-state index >= 15 is 0 Å². The Morgan fingerprint density at radius 2 is 2.11 bits per heavy atom. The summed E-state index contributed by atoms with van der Waals surface area (Å²) in [6.07, 6.45) is 2.02. The van der Waals surface area contributed by atoms with Gasteiger partial charge in [-0.3, -0.25) is 0 Å². The first-order chi connectivity index (χ1) is 9.06. The van der Waals surface area contributed by atoms with E-state index in [0.717, 1.165) is 12.1 Å². The van der Waals surface area contributed by atoms with Crippen LogP contribution in [0.15, 0.2) is 36.5 Å². The van der Waals surface area contributed by atoms with E-state index in [2.05, 4.69) is 29.8 Å². The number of aromatic nitrogens is 1. The lowest BCUT2D eigenvalue weighted by Crippen LogP contribution is -2.23. The van der Waals surface area contributed by atoms with Crippen LogP contribution in [0.4, 0.5) is 4.39 Å². The van der Waals surface area contributed by atoms with Gasteiger partial charge in [0.25, 0.3) is 0 Å². The molecule has 0 amide bonds. The Morgan fingerprint density at radius 3 is 2.79 bits per heavy atom. The molecule has 0 unspecified atom stereocenters. The van der Waals surface area contributed by atoms with Crippen molar-refractivity contribution < 1.29 is 4.39 Å². The number of nitrogens with one attached hydrogen (secondary N) is 1. The average molecular weight is 281 g/mol. The molecule has 0 saturated heterocycles. The Labute approximate surface area is 118 Å². The maximum Gasteiger partial charge on any atom is 0.141 e. The molecule has 0 aliphatic carbocycles. The molecule has 1 heterocycles. The van der Waals surface area contributed by atoms with Crippen molar-refractivity contribution >= 4 is 11.6 Å². The number of halogens is 2. The van der Waals surface area contributed by atoms with Crippen LogP contribution in [0, 0.1) is 5.82 Å². The minimum atomic E-state index is -0.375. The van der Waals surface area contributed by atoms with Gasteiger partial charge in [-0.2, -0.15) is 0 Å². The standard InChI is InChI=1S/C15H18ClFN2/c1-11(2)18-9-13-4-3-7-19(13)10-12-5-6-15(17)14(16)8-12/h3-8,11,18H,9-10H2,1-2H3. The van der Waals surface area contributed by atoms with Crippen molar-refractivity contribution in [2.75, 3.05) is 0 Å². The van der Waals surface area contributed by atoms with Gasteiger partial charge in [0.1, 0.15) is 5.82 Å². The van der Waals surface area contributed by atoms with E-state index in [1.165, 1.54) is 11.8 Å². The second-order valence-corrected chi connectivity index (χ2v) is 5.32. The second kappa shape index (κ2) is 6.22. The SMILES string of the molecule is CC(C)NCc1cccn1Cc1ccc(F)c(Cl)c1. The van der Waals surface area contributed by atoms with Crippen molar-refractivity contribution in [2.24, 2.45) is 0 Å². The van der Waals surface area contributed by atoms with Crippen LogP contribution < -0.4 is 5.32 Å². The van der Waals surface area contributed by atoms with Crippen molar-refractivity contribution in [3.8, 4) is 0 Å². The molecule has 4 heteroatoms. The molecule has 0 atom stereocenters. The van der Waals surface area contributed by atoms with Gasteiger partial charge in [0, 0.05) is 31.0 Å². The first-order valence-electron chi connectivity index (χ1n) is 6.37. The number of benzene rings is 1. The van der Waals surface area contributed by atoms with Gasteiger partial charge >= 0.3 is 0 Å². The van der Waals surface area contributed by atoms with Crippen molar-refractivity contribution in [1.82, 2.24) is 9.88 Å². The molecule has 1 aromatic heterocycles. The topological polar surface area (TPSA) is 17.0 Å². The second-order valence-electron chi connectivity index (χ2n) is 4.91. The molecule has 1 aromatic carbocycles. The fourth-order valence-corrected chi connectivity index (χ4v) is 2.11. The number of rotatable bonds is 5. The van der Waals surface area contributed by atoms with Crippen molar-refractivity contribution in [3.63, 3.8) is 0 Å². The Bertz CT molecular complexity index is 549. The highest BCUT2D eigenvalue weighted by molar-refractivity contribution is 6.30. The molecule has 1 N–H and O–H groups in total. The summed E-state index contributed by atoms with van der Waals surface area (Å²) in [6.45, 7) is 5.75. The minimum Gasteiger partial charge on any atom is -0.346 e. The zero-order valence-corrected chi connectivity index (χ0v) is 11.9. The molecule has 0 aliphatic heterocycles. The Morgan fingerprint density at radius 1 is 1.32 bits per heavy atom. The highest BCUT2D eigenvalue weighted by atomic mass is 35.5. The highest BCUT2D eigenvalue weighted by Crippen LogP contribution is 2.17. The van der Waals surface area contributed by atoms with Crippen LogP contribution in [-0.2, 0) is 13.1 Å². The zero-order chi connectivity index (χ0) is 13.8. The summed E-state index contributed by atoms with van der Waals surface area (Å²) in [5.74, 6) is -0.375. The van der Waals surface area contributed by atoms with Crippen LogP contribution in [0.5, 0.6) is 0 Å². The van der Waals surface area contributed by atoms with Gasteiger partial charge in [0.15, 0.2) is 0 Å². The summed E-state index contributed by atoms with van der Waals surface area (Å²) >= 11 is 5.80. The maximum atomic E-state index is 13.1. The highest BCUT2D eigenvalue weighted by Gasteiger charge is 2.05. The third-order valence-electron chi connectivity index (χ3n) is 2.95. The lowest BCUT2D eigenvalue weighted by Gasteiger charge is -2.12. The van der Waals surface area contributed by atoms with E-state index in [0.29, 0.717) is 12.6 Å². The lowest BCUT2D eigenvalue weighted by atomic mass is 10.2. The number of hydrogen-bond donors (Lipinski definition) is 1. The van der Waals surface area contributed by atoms with Crippen LogP contribution in [-0.4, -0.2) is 10.6 Å². The molecule has 102 valence electrons. The number of nitrogens with zero attached hydrogens (tertiary/aromatic N) is 1. The summed E-state index contributed by atoms with van der Waals surface area (Å²) in [7, 11) is 0. The molecular weight excluding hydrogens is 263 g/mol. The minimum absolute atomic E-state index is 0.173. The molecule has 19 heavy (non-hydrogen) atoms. The van der Waals surface area contributed by atoms with E-state index < -0.39 is 0 Å². The molecule has 2 rings (SSSR count). The van der Waals surface area contributed by atoms with Crippen molar-refractivity contribution in [3.05, 3.63) is 58.6 Å². The van der Waals surface area contributed by atoms with Crippen LogP contribution in [0.3, 0.4) is 0 Å². The summed E-state index contributed by atoms with van der Waals surface area (Å²) in [5, 5.41) is 3.56. The van der Waals surface area contributed by atoms with Gasteiger partial charge in [0.05, 0.1) is 5.02 Å². The molecule has 0 radical (unpaired) electrons. The molecule has 0 fully saturated rings. The fourth-order valence-electron chi connectivity index (χ4n) is 1.91. The third kappa shape index (κ3) is 3.82. The fraction of sp³-hybridized carbons (Fsp3) is 0.333. The quantitative estimate of drug-likeness (QED) is 0.881.